The first-order chi connectivity index (χ1) is 5.16. The van der Waals surface area contributed by atoms with Crippen LogP contribution in [0.2, 0.25) is 0 Å². The number of Topliss-reactive ketones (excluding diaryl/α,β-unsaturated/α-hetero) is 1. The quantitative estimate of drug-likeness (QED) is 0.681. The number of nitrogens with zero attached hydrogens (tertiary/aromatic N) is 2. The number of nitrogens with two attached hydrogens (primary N) is 1. The van der Waals surface area contributed by atoms with Crippen molar-refractivity contribution in [1.29, 1.82) is 0 Å². The molecule has 68 valence electrons. The second kappa shape index (κ2) is 4.23. The van der Waals surface area contributed by atoms with E-state index in [1.165, 1.54) is 0 Å². The van der Waals surface area contributed by atoms with Gasteiger partial charge in [-0.1, -0.05) is 0 Å². The standard InChI is InChI=1S/C7H11N3O.ClH/c1-5-7(6(11)3-8)9-4-10(5)2;/h4H,3,8H2,1-2H3;1H. The number of carbonyl (C=O) groups is 1. The van der Waals surface area contributed by atoms with Crippen molar-refractivity contribution >= 4 is 18.2 Å². The summed E-state index contributed by atoms with van der Waals surface area (Å²) in [6, 6.07) is 0. The lowest BCUT2D eigenvalue weighted by Crippen LogP contribution is -2.15. The Hall–Kier alpha value is -0.870. The minimum Gasteiger partial charge on any atom is -0.337 e. The monoisotopic (exact) mass is 189 g/mol. The Kier molecular flexibility index (Phi) is 3.92. The highest BCUT2D eigenvalue weighted by molar-refractivity contribution is 5.96. The zero-order chi connectivity index (χ0) is 8.43. The first kappa shape index (κ1) is 11.1. The second-order valence-corrected chi connectivity index (χ2v) is 2.42. The zero-order valence-electron chi connectivity index (χ0n) is 7.07. The van der Waals surface area contributed by atoms with Crippen LogP contribution in [0.25, 0.3) is 0 Å². The van der Waals surface area contributed by atoms with Crippen LogP contribution in [0.5, 0.6) is 0 Å². The van der Waals surface area contributed by atoms with Crippen LogP contribution in [0.3, 0.4) is 0 Å². The molecule has 1 aromatic heterocycles. The molecule has 2 N–H and O–H groups in total. The normalized spacial score (nSPS) is 9.25. The van der Waals surface area contributed by atoms with Crippen LogP contribution in [0.4, 0.5) is 0 Å². The molecule has 0 amide bonds. The Morgan fingerprint density at radius 1 is 1.75 bits per heavy atom. The Labute approximate surface area is 77.2 Å². The van der Waals surface area contributed by atoms with Crippen LogP contribution >= 0.6 is 12.4 Å². The topological polar surface area (TPSA) is 60.9 Å². The van der Waals surface area contributed by atoms with Crippen LogP contribution < -0.4 is 5.73 Å². The van der Waals surface area contributed by atoms with Crippen molar-refractivity contribution in [2.45, 2.75) is 6.92 Å². The summed E-state index contributed by atoms with van der Waals surface area (Å²) in [5.41, 5.74) is 6.53. The van der Waals surface area contributed by atoms with Crippen molar-refractivity contribution in [2.24, 2.45) is 12.8 Å². The van der Waals surface area contributed by atoms with Crippen LogP contribution in [0, 0.1) is 6.92 Å². The highest BCUT2D eigenvalue weighted by Gasteiger charge is 2.10. The molecule has 1 aromatic rings. The molecule has 0 aliphatic carbocycles. The van der Waals surface area contributed by atoms with E-state index in [9.17, 15) is 4.79 Å². The molecular formula is C7H12ClN3O. The van der Waals surface area contributed by atoms with Crippen molar-refractivity contribution in [2.75, 3.05) is 6.54 Å². The zero-order valence-corrected chi connectivity index (χ0v) is 7.89. The smallest absolute Gasteiger partial charge is 0.196 e. The average molecular weight is 190 g/mol. The number of imidazole rings is 1. The molecule has 0 fully saturated rings. The highest BCUT2D eigenvalue weighted by Crippen LogP contribution is 2.03. The van der Waals surface area contributed by atoms with Gasteiger partial charge in [0.2, 0.25) is 0 Å². The summed E-state index contributed by atoms with van der Waals surface area (Å²) >= 11 is 0. The van der Waals surface area contributed by atoms with Crippen molar-refractivity contribution < 1.29 is 4.79 Å². The molecular weight excluding hydrogens is 178 g/mol. The molecule has 0 bridgehead atoms. The summed E-state index contributed by atoms with van der Waals surface area (Å²) in [7, 11) is 1.84. The lowest BCUT2D eigenvalue weighted by atomic mass is 10.2. The highest BCUT2D eigenvalue weighted by atomic mass is 35.5. The summed E-state index contributed by atoms with van der Waals surface area (Å²) in [4.78, 5) is 15.0. The minimum atomic E-state index is -0.108. The van der Waals surface area contributed by atoms with E-state index in [4.69, 9.17) is 5.73 Å². The van der Waals surface area contributed by atoms with E-state index in [2.05, 4.69) is 4.98 Å². The third-order valence-electron chi connectivity index (χ3n) is 1.68. The van der Waals surface area contributed by atoms with Gasteiger partial charge in [-0.15, -0.1) is 12.4 Å². The van der Waals surface area contributed by atoms with Gasteiger partial charge in [-0.3, -0.25) is 4.79 Å². The molecule has 0 spiro atoms. The predicted molar refractivity (Wildman–Crippen MR) is 48.6 cm³/mol. The molecule has 5 heteroatoms. The SMILES string of the molecule is Cc1c(C(=O)CN)ncn1C.Cl. The first-order valence-corrected chi connectivity index (χ1v) is 3.38. The Morgan fingerprint density at radius 3 is 2.67 bits per heavy atom. The number of hydrogen-bond acceptors (Lipinski definition) is 3. The molecule has 0 saturated carbocycles. The lowest BCUT2D eigenvalue weighted by molar-refractivity contribution is 0.0996. The molecule has 1 rings (SSSR count). The number of carbonyl (C=O) groups excluding carboxylic acids is 1. The minimum absolute atomic E-state index is 0. The Balaban J connectivity index is 0.00000121. The number of aryl methyl sites for hydroxylation is 1. The average Bonchev–Trinajstić information content (AvgIpc) is 2.32. The molecule has 0 aliphatic heterocycles. The number of rotatable bonds is 2. The van der Waals surface area contributed by atoms with Gasteiger partial charge in [0.1, 0.15) is 5.69 Å². The Bertz CT molecular complexity index is 282. The molecule has 4 nitrogen and oxygen atoms in total. The number of halogens is 1. The second-order valence-electron chi connectivity index (χ2n) is 2.42. The fourth-order valence-electron chi connectivity index (χ4n) is 0.862. The summed E-state index contributed by atoms with van der Waals surface area (Å²) < 4.78 is 1.79. The molecule has 0 unspecified atom stereocenters. The third-order valence-corrected chi connectivity index (χ3v) is 1.68. The number of ketones is 1. The molecule has 0 radical (unpaired) electrons. The van der Waals surface area contributed by atoms with Gasteiger partial charge in [-0.05, 0) is 6.92 Å². The van der Waals surface area contributed by atoms with Gasteiger partial charge in [0.05, 0.1) is 12.9 Å². The molecule has 0 saturated heterocycles. The van der Waals surface area contributed by atoms with E-state index in [1.54, 1.807) is 10.9 Å². The molecule has 0 atom stereocenters. The Morgan fingerprint density at radius 2 is 2.33 bits per heavy atom. The van der Waals surface area contributed by atoms with Crippen molar-refractivity contribution in [1.82, 2.24) is 9.55 Å². The van der Waals surface area contributed by atoms with Crippen LogP contribution in [0.1, 0.15) is 16.2 Å². The van der Waals surface area contributed by atoms with E-state index in [0.717, 1.165) is 5.69 Å². The van der Waals surface area contributed by atoms with Crippen molar-refractivity contribution in [3.8, 4) is 0 Å². The lowest BCUT2D eigenvalue weighted by Gasteiger charge is -1.95. The van der Waals surface area contributed by atoms with E-state index < -0.39 is 0 Å². The molecule has 0 aliphatic rings. The molecule has 0 aromatic carbocycles. The third kappa shape index (κ3) is 1.84. The number of aromatic nitrogens is 2. The predicted octanol–water partition coefficient (Wildman–Crippen LogP) is 0.292. The van der Waals surface area contributed by atoms with Gasteiger partial charge in [0.15, 0.2) is 5.78 Å². The maximum absolute atomic E-state index is 11.0. The van der Waals surface area contributed by atoms with Gasteiger partial charge in [0.25, 0.3) is 0 Å². The number of hydrogen-bond donors (Lipinski definition) is 1. The van der Waals surface area contributed by atoms with E-state index in [1.807, 2.05) is 14.0 Å². The summed E-state index contributed by atoms with van der Waals surface area (Å²) in [5.74, 6) is -0.108. The maximum atomic E-state index is 11.0. The fraction of sp³-hybridized carbons (Fsp3) is 0.429. The van der Waals surface area contributed by atoms with Crippen LogP contribution in [-0.4, -0.2) is 21.9 Å². The fourth-order valence-corrected chi connectivity index (χ4v) is 0.862. The van der Waals surface area contributed by atoms with Gasteiger partial charge in [-0.2, -0.15) is 0 Å². The first-order valence-electron chi connectivity index (χ1n) is 3.38. The van der Waals surface area contributed by atoms with E-state index in [-0.39, 0.29) is 24.7 Å². The molecule has 12 heavy (non-hydrogen) atoms. The van der Waals surface area contributed by atoms with Gasteiger partial charge in [-0.25, -0.2) is 4.98 Å². The van der Waals surface area contributed by atoms with Gasteiger partial charge in [0, 0.05) is 12.7 Å². The van der Waals surface area contributed by atoms with Gasteiger partial charge >= 0.3 is 0 Å². The van der Waals surface area contributed by atoms with Crippen LogP contribution in [-0.2, 0) is 7.05 Å². The summed E-state index contributed by atoms with van der Waals surface area (Å²) in [6.07, 6.45) is 1.61. The van der Waals surface area contributed by atoms with Crippen molar-refractivity contribution in [3.63, 3.8) is 0 Å². The largest absolute Gasteiger partial charge is 0.337 e. The van der Waals surface area contributed by atoms with E-state index in [0.29, 0.717) is 5.69 Å². The summed E-state index contributed by atoms with van der Waals surface area (Å²) in [5, 5.41) is 0. The maximum Gasteiger partial charge on any atom is 0.196 e. The van der Waals surface area contributed by atoms with Gasteiger partial charge < -0.3 is 10.3 Å². The van der Waals surface area contributed by atoms with Crippen molar-refractivity contribution in [3.05, 3.63) is 17.7 Å². The molecule has 1 heterocycles. The summed E-state index contributed by atoms with van der Waals surface area (Å²) in [6.45, 7) is 1.87. The van der Waals surface area contributed by atoms with Crippen LogP contribution in [0.15, 0.2) is 6.33 Å². The van der Waals surface area contributed by atoms with E-state index >= 15 is 0 Å².